The molecule has 0 aliphatic rings. The SMILES string of the molecule is Cc1ccc(-n2[c-][n+](C(C)(C)C)nc2-c2ccccc2)cc1. The zero-order chi connectivity index (χ0) is 15.7. The molecular weight excluding hydrogens is 270 g/mol. The van der Waals surface area contributed by atoms with E-state index >= 15 is 0 Å². The summed E-state index contributed by atoms with van der Waals surface area (Å²) in [5.41, 5.74) is 3.29. The van der Waals surface area contributed by atoms with Gasteiger partial charge in [-0.05, 0) is 33.3 Å². The van der Waals surface area contributed by atoms with Gasteiger partial charge < -0.3 is 4.57 Å². The Bertz CT molecular complexity index is 763. The second-order valence-electron chi connectivity index (χ2n) is 6.54. The summed E-state index contributed by atoms with van der Waals surface area (Å²) >= 11 is 0. The third-order valence-corrected chi connectivity index (χ3v) is 3.56. The Morgan fingerprint density at radius 3 is 2.18 bits per heavy atom. The van der Waals surface area contributed by atoms with E-state index < -0.39 is 0 Å². The molecule has 0 amide bonds. The van der Waals surface area contributed by atoms with Crippen molar-refractivity contribution < 1.29 is 4.68 Å². The minimum Gasteiger partial charge on any atom is -0.336 e. The summed E-state index contributed by atoms with van der Waals surface area (Å²) in [5.74, 6) is 0.902. The van der Waals surface area contributed by atoms with E-state index in [1.807, 2.05) is 27.4 Å². The molecule has 0 saturated carbocycles. The highest BCUT2D eigenvalue weighted by Crippen LogP contribution is 2.20. The maximum absolute atomic E-state index is 4.77. The first-order chi connectivity index (χ1) is 10.4. The molecule has 0 unspecified atom stereocenters. The molecule has 3 rings (SSSR count). The Balaban J connectivity index is 2.19. The van der Waals surface area contributed by atoms with Crippen molar-refractivity contribution >= 4 is 0 Å². The third-order valence-electron chi connectivity index (χ3n) is 3.56. The first-order valence-electron chi connectivity index (χ1n) is 7.52. The molecule has 3 aromatic rings. The van der Waals surface area contributed by atoms with Crippen LogP contribution < -0.4 is 4.68 Å². The topological polar surface area (TPSA) is 21.7 Å². The van der Waals surface area contributed by atoms with Crippen LogP contribution in [-0.2, 0) is 5.54 Å². The first-order valence-corrected chi connectivity index (χ1v) is 7.52. The lowest BCUT2D eigenvalue weighted by molar-refractivity contribution is -0.807. The number of aryl methyl sites for hydroxylation is 1. The number of hydrogen-bond acceptors (Lipinski definition) is 1. The maximum Gasteiger partial charge on any atom is 0.235 e. The Morgan fingerprint density at radius 1 is 0.955 bits per heavy atom. The molecule has 0 atom stereocenters. The number of benzene rings is 2. The van der Waals surface area contributed by atoms with Gasteiger partial charge in [-0.1, -0.05) is 60.2 Å². The molecule has 0 bridgehead atoms. The first kappa shape index (κ1) is 14.5. The summed E-state index contributed by atoms with van der Waals surface area (Å²) in [7, 11) is 0. The molecule has 1 aromatic heterocycles. The van der Waals surface area contributed by atoms with Crippen molar-refractivity contribution in [3.8, 4) is 17.1 Å². The summed E-state index contributed by atoms with van der Waals surface area (Å²) in [6.45, 7) is 8.48. The highest BCUT2D eigenvalue weighted by molar-refractivity contribution is 5.57. The van der Waals surface area contributed by atoms with Crippen LogP contribution in [0.5, 0.6) is 0 Å². The van der Waals surface area contributed by atoms with Crippen molar-refractivity contribution in [1.29, 1.82) is 0 Å². The van der Waals surface area contributed by atoms with Crippen LogP contribution >= 0.6 is 0 Å². The quantitative estimate of drug-likeness (QED) is 0.521. The zero-order valence-corrected chi connectivity index (χ0v) is 13.5. The normalized spacial score (nSPS) is 11.6. The number of hydrogen-bond donors (Lipinski definition) is 0. The van der Waals surface area contributed by atoms with Crippen LogP contribution in [0.15, 0.2) is 54.6 Å². The summed E-state index contributed by atoms with van der Waals surface area (Å²) in [6, 6.07) is 18.7. The molecule has 0 saturated heterocycles. The molecule has 0 spiro atoms. The number of aromatic nitrogens is 3. The lowest BCUT2D eigenvalue weighted by atomic mass is 10.1. The lowest BCUT2D eigenvalue weighted by Gasteiger charge is -2.13. The van der Waals surface area contributed by atoms with Gasteiger partial charge in [0.1, 0.15) is 5.54 Å². The average Bonchev–Trinajstić information content (AvgIpc) is 2.94. The molecule has 3 heteroatoms. The van der Waals surface area contributed by atoms with Gasteiger partial charge in [0.2, 0.25) is 6.33 Å². The standard InChI is InChI=1S/C19H21N3/c1-15-10-12-17(13-11-15)21-14-22(19(2,3)4)20-18(21)16-8-6-5-7-9-16/h5-13H,1-4H3. The van der Waals surface area contributed by atoms with E-state index in [0.29, 0.717) is 0 Å². The van der Waals surface area contributed by atoms with E-state index in [1.54, 1.807) is 0 Å². The monoisotopic (exact) mass is 291 g/mol. The van der Waals surface area contributed by atoms with Crippen molar-refractivity contribution in [2.24, 2.45) is 0 Å². The van der Waals surface area contributed by atoms with Crippen LogP contribution in [0.1, 0.15) is 26.3 Å². The van der Waals surface area contributed by atoms with E-state index in [4.69, 9.17) is 5.10 Å². The highest BCUT2D eigenvalue weighted by Gasteiger charge is 2.21. The Labute approximate surface area is 131 Å². The van der Waals surface area contributed by atoms with Gasteiger partial charge in [0.05, 0.1) is 0 Å². The molecule has 1 heterocycles. The van der Waals surface area contributed by atoms with Gasteiger partial charge in [-0.3, -0.25) is 0 Å². The second kappa shape index (κ2) is 5.41. The Kier molecular flexibility index (Phi) is 3.57. The van der Waals surface area contributed by atoms with Crippen LogP contribution in [-0.4, -0.2) is 9.67 Å². The van der Waals surface area contributed by atoms with Gasteiger partial charge in [0.25, 0.3) is 0 Å². The Hall–Kier alpha value is -2.42. The number of nitrogens with zero attached hydrogens (tertiary/aromatic N) is 3. The van der Waals surface area contributed by atoms with Crippen molar-refractivity contribution in [2.75, 3.05) is 0 Å². The predicted molar refractivity (Wildman–Crippen MR) is 87.8 cm³/mol. The van der Waals surface area contributed by atoms with Gasteiger partial charge >= 0.3 is 0 Å². The van der Waals surface area contributed by atoms with Crippen LogP contribution in [0.4, 0.5) is 0 Å². The Morgan fingerprint density at radius 2 is 1.59 bits per heavy atom. The number of rotatable bonds is 2. The fourth-order valence-corrected chi connectivity index (χ4v) is 2.25. The second-order valence-corrected chi connectivity index (χ2v) is 6.54. The molecule has 3 nitrogen and oxygen atoms in total. The van der Waals surface area contributed by atoms with Crippen LogP contribution in [0.3, 0.4) is 0 Å². The van der Waals surface area contributed by atoms with E-state index in [0.717, 1.165) is 17.1 Å². The van der Waals surface area contributed by atoms with Crippen molar-refractivity contribution in [2.45, 2.75) is 33.2 Å². The molecule has 0 aliphatic carbocycles. The van der Waals surface area contributed by atoms with Gasteiger partial charge in [0.15, 0.2) is 5.82 Å². The van der Waals surface area contributed by atoms with E-state index in [9.17, 15) is 0 Å². The van der Waals surface area contributed by atoms with E-state index in [-0.39, 0.29) is 5.54 Å². The fourth-order valence-electron chi connectivity index (χ4n) is 2.25. The van der Waals surface area contributed by atoms with Crippen LogP contribution in [0, 0.1) is 13.3 Å². The van der Waals surface area contributed by atoms with E-state index in [1.165, 1.54) is 5.56 Å². The van der Waals surface area contributed by atoms with E-state index in [2.05, 4.69) is 70.4 Å². The average molecular weight is 291 g/mol. The molecular formula is C19H21N3. The molecule has 0 aliphatic heterocycles. The smallest absolute Gasteiger partial charge is 0.235 e. The summed E-state index contributed by atoms with van der Waals surface area (Å²) < 4.78 is 3.93. The van der Waals surface area contributed by atoms with Gasteiger partial charge in [-0.15, -0.1) is 5.10 Å². The molecule has 22 heavy (non-hydrogen) atoms. The van der Waals surface area contributed by atoms with Crippen molar-refractivity contribution in [1.82, 2.24) is 9.67 Å². The third kappa shape index (κ3) is 2.80. The molecule has 2 aromatic carbocycles. The maximum atomic E-state index is 4.77. The van der Waals surface area contributed by atoms with Gasteiger partial charge in [0, 0.05) is 5.69 Å². The van der Waals surface area contributed by atoms with Crippen LogP contribution in [0.25, 0.3) is 17.1 Å². The predicted octanol–water partition coefficient (Wildman–Crippen LogP) is 3.69. The van der Waals surface area contributed by atoms with Gasteiger partial charge in [-0.2, -0.15) is 4.68 Å². The summed E-state index contributed by atoms with van der Waals surface area (Å²) in [5, 5.41) is 4.77. The molecule has 112 valence electrons. The van der Waals surface area contributed by atoms with Crippen LogP contribution in [0.2, 0.25) is 0 Å². The zero-order valence-electron chi connectivity index (χ0n) is 13.5. The minimum absolute atomic E-state index is 0.112. The van der Waals surface area contributed by atoms with Gasteiger partial charge in [-0.25, -0.2) is 0 Å². The fraction of sp³-hybridized carbons (Fsp3) is 0.263. The highest BCUT2D eigenvalue weighted by atomic mass is 15.4. The summed E-state index contributed by atoms with van der Waals surface area (Å²) in [4.78, 5) is 0. The molecule has 0 N–H and O–H groups in total. The lowest BCUT2D eigenvalue weighted by Crippen LogP contribution is -2.51. The minimum atomic E-state index is -0.112. The summed E-state index contributed by atoms with van der Waals surface area (Å²) in [6.07, 6.45) is 3.38. The molecule has 0 fully saturated rings. The van der Waals surface area contributed by atoms with Crippen molar-refractivity contribution in [3.05, 3.63) is 66.5 Å². The largest absolute Gasteiger partial charge is 0.336 e. The molecule has 0 radical (unpaired) electrons. The van der Waals surface area contributed by atoms with Crippen molar-refractivity contribution in [3.63, 3.8) is 0 Å².